The van der Waals surface area contributed by atoms with Gasteiger partial charge in [0.1, 0.15) is 11.6 Å². The summed E-state index contributed by atoms with van der Waals surface area (Å²) in [6.45, 7) is 8.03. The van der Waals surface area contributed by atoms with Crippen LogP contribution in [0.25, 0.3) is 11.5 Å². The molecule has 1 atom stereocenters. The molecule has 1 unspecified atom stereocenters. The van der Waals surface area contributed by atoms with E-state index in [4.69, 9.17) is 4.42 Å². The second-order valence-electron chi connectivity index (χ2n) is 7.57. The first kappa shape index (κ1) is 21.0. The van der Waals surface area contributed by atoms with Gasteiger partial charge in [0.25, 0.3) is 5.22 Å². The van der Waals surface area contributed by atoms with Crippen LogP contribution in [0.4, 0.5) is 14.5 Å². The number of nitrogens with zero attached hydrogens (tertiary/aromatic N) is 2. The quantitative estimate of drug-likeness (QED) is 0.561. The molecule has 0 saturated carbocycles. The minimum absolute atomic E-state index is 0.0428. The summed E-state index contributed by atoms with van der Waals surface area (Å²) in [6, 6.07) is 10.8. The molecule has 0 aliphatic carbocycles. The molecule has 3 aromatic rings. The summed E-state index contributed by atoms with van der Waals surface area (Å²) < 4.78 is 32.3. The van der Waals surface area contributed by atoms with Crippen molar-refractivity contribution in [3.63, 3.8) is 0 Å². The number of benzene rings is 2. The van der Waals surface area contributed by atoms with Crippen LogP contribution in [0.2, 0.25) is 0 Å². The van der Waals surface area contributed by atoms with E-state index in [1.165, 1.54) is 11.6 Å². The van der Waals surface area contributed by atoms with Gasteiger partial charge < -0.3 is 9.73 Å². The lowest BCUT2D eigenvalue weighted by Crippen LogP contribution is -2.23. The number of hydrogen-bond donors (Lipinski definition) is 1. The van der Waals surface area contributed by atoms with Crippen molar-refractivity contribution in [2.45, 2.75) is 43.6 Å². The minimum atomic E-state index is -0.839. The number of rotatable bonds is 5. The van der Waals surface area contributed by atoms with Crippen LogP contribution in [0.3, 0.4) is 0 Å². The Hall–Kier alpha value is -2.74. The molecule has 0 spiro atoms. The van der Waals surface area contributed by atoms with E-state index in [9.17, 15) is 13.6 Å². The molecule has 29 heavy (non-hydrogen) atoms. The van der Waals surface area contributed by atoms with Gasteiger partial charge in [0.2, 0.25) is 11.8 Å². The van der Waals surface area contributed by atoms with Crippen LogP contribution in [0.15, 0.2) is 52.1 Å². The summed E-state index contributed by atoms with van der Waals surface area (Å²) in [6.07, 6.45) is 0. The van der Waals surface area contributed by atoms with Gasteiger partial charge in [-0.15, -0.1) is 10.2 Å². The highest BCUT2D eigenvalue weighted by Crippen LogP contribution is 2.29. The van der Waals surface area contributed by atoms with Gasteiger partial charge in [-0.1, -0.05) is 44.7 Å². The normalized spacial score (nSPS) is 12.6. The van der Waals surface area contributed by atoms with Gasteiger partial charge in [-0.05, 0) is 42.2 Å². The predicted octanol–water partition coefficient (Wildman–Crippen LogP) is 5.43. The topological polar surface area (TPSA) is 68.0 Å². The summed E-state index contributed by atoms with van der Waals surface area (Å²) in [7, 11) is 0. The Morgan fingerprint density at radius 1 is 1.10 bits per heavy atom. The SMILES string of the molecule is CC(Sc1nnc(-c2ccc(C(C)(C)C)cc2)o1)C(=O)Nc1ccc(F)cc1F. The first-order valence-corrected chi connectivity index (χ1v) is 9.88. The maximum Gasteiger partial charge on any atom is 0.277 e. The molecule has 2 aromatic carbocycles. The Balaban J connectivity index is 1.65. The van der Waals surface area contributed by atoms with Crippen molar-refractivity contribution in [3.8, 4) is 11.5 Å². The summed E-state index contributed by atoms with van der Waals surface area (Å²) in [5.74, 6) is -1.66. The van der Waals surface area contributed by atoms with Crippen LogP contribution in [0.1, 0.15) is 33.3 Å². The fourth-order valence-electron chi connectivity index (χ4n) is 2.52. The third-order valence-electron chi connectivity index (χ3n) is 4.24. The highest BCUT2D eigenvalue weighted by atomic mass is 32.2. The largest absolute Gasteiger partial charge is 0.411 e. The number of nitrogens with one attached hydrogen (secondary N) is 1. The molecule has 0 saturated heterocycles. The van der Waals surface area contributed by atoms with Crippen molar-refractivity contribution in [3.05, 3.63) is 59.7 Å². The monoisotopic (exact) mass is 417 g/mol. The number of halogens is 2. The molecule has 1 aromatic heterocycles. The van der Waals surface area contributed by atoms with Gasteiger partial charge in [0, 0.05) is 11.6 Å². The first-order valence-electron chi connectivity index (χ1n) is 9.00. The molecule has 0 bridgehead atoms. The van der Waals surface area contributed by atoms with Gasteiger partial charge in [0.05, 0.1) is 10.9 Å². The Labute approximate surface area is 171 Å². The lowest BCUT2D eigenvalue weighted by molar-refractivity contribution is -0.115. The number of carbonyl (C=O) groups is 1. The van der Waals surface area contributed by atoms with E-state index < -0.39 is 22.8 Å². The lowest BCUT2D eigenvalue weighted by Gasteiger charge is -2.18. The number of hydrogen-bond acceptors (Lipinski definition) is 5. The molecule has 1 N–H and O–H groups in total. The maximum absolute atomic E-state index is 13.7. The van der Waals surface area contributed by atoms with Crippen LogP contribution in [-0.4, -0.2) is 21.4 Å². The number of aromatic nitrogens is 2. The number of thioether (sulfide) groups is 1. The fourth-order valence-corrected chi connectivity index (χ4v) is 3.20. The van der Waals surface area contributed by atoms with E-state index in [-0.39, 0.29) is 16.3 Å². The van der Waals surface area contributed by atoms with Gasteiger partial charge in [-0.25, -0.2) is 8.78 Å². The molecule has 152 valence electrons. The standard InChI is InChI=1S/C21H21F2N3O2S/c1-12(18(27)24-17-10-9-15(22)11-16(17)23)29-20-26-25-19(28-20)13-5-7-14(8-6-13)21(2,3)4/h5-12H,1-4H3,(H,24,27). The second kappa shape index (κ2) is 8.32. The molecule has 0 aliphatic rings. The van der Waals surface area contributed by atoms with Crippen molar-refractivity contribution in [2.75, 3.05) is 5.32 Å². The zero-order chi connectivity index (χ0) is 21.2. The minimum Gasteiger partial charge on any atom is -0.411 e. The predicted molar refractivity (Wildman–Crippen MR) is 109 cm³/mol. The molecule has 5 nitrogen and oxygen atoms in total. The third kappa shape index (κ3) is 5.20. The van der Waals surface area contributed by atoms with E-state index in [2.05, 4.69) is 36.3 Å². The molecular formula is C21H21F2N3O2S. The summed E-state index contributed by atoms with van der Waals surface area (Å²) in [5, 5.41) is 10.0. The van der Waals surface area contributed by atoms with Crippen molar-refractivity contribution in [2.24, 2.45) is 0 Å². The smallest absolute Gasteiger partial charge is 0.277 e. The highest BCUT2D eigenvalue weighted by Gasteiger charge is 2.20. The molecule has 1 amide bonds. The van der Waals surface area contributed by atoms with Crippen LogP contribution >= 0.6 is 11.8 Å². The molecule has 0 aliphatic heterocycles. The number of carbonyl (C=O) groups excluding carboxylic acids is 1. The average molecular weight is 417 g/mol. The average Bonchev–Trinajstić information content (AvgIpc) is 3.12. The van der Waals surface area contributed by atoms with Crippen LogP contribution in [0, 0.1) is 11.6 Å². The van der Waals surface area contributed by atoms with Crippen molar-refractivity contribution in [1.29, 1.82) is 0 Å². The maximum atomic E-state index is 13.7. The second-order valence-corrected chi connectivity index (χ2v) is 8.87. The molecule has 8 heteroatoms. The molecule has 0 fully saturated rings. The summed E-state index contributed by atoms with van der Waals surface area (Å²) in [5.41, 5.74) is 1.92. The van der Waals surface area contributed by atoms with Crippen molar-refractivity contribution >= 4 is 23.4 Å². The van der Waals surface area contributed by atoms with Crippen LogP contribution < -0.4 is 5.32 Å². The van der Waals surface area contributed by atoms with E-state index in [0.717, 1.165) is 23.4 Å². The first-order chi connectivity index (χ1) is 13.6. The molecule has 0 radical (unpaired) electrons. The fraction of sp³-hybridized carbons (Fsp3) is 0.286. The zero-order valence-corrected chi connectivity index (χ0v) is 17.3. The lowest BCUT2D eigenvalue weighted by atomic mass is 9.87. The van der Waals surface area contributed by atoms with E-state index in [0.29, 0.717) is 12.0 Å². The Morgan fingerprint density at radius 3 is 2.41 bits per heavy atom. The summed E-state index contributed by atoms with van der Waals surface area (Å²) >= 11 is 1.05. The van der Waals surface area contributed by atoms with E-state index in [1.54, 1.807) is 6.92 Å². The third-order valence-corrected chi connectivity index (χ3v) is 5.17. The van der Waals surface area contributed by atoms with E-state index >= 15 is 0 Å². The summed E-state index contributed by atoms with van der Waals surface area (Å²) in [4.78, 5) is 12.3. The highest BCUT2D eigenvalue weighted by molar-refractivity contribution is 8.00. The Morgan fingerprint density at radius 2 is 1.79 bits per heavy atom. The van der Waals surface area contributed by atoms with Gasteiger partial charge in [-0.3, -0.25) is 4.79 Å². The zero-order valence-electron chi connectivity index (χ0n) is 16.5. The number of anilines is 1. The Bertz CT molecular complexity index is 1010. The van der Waals surface area contributed by atoms with Crippen molar-refractivity contribution < 1.29 is 18.0 Å². The van der Waals surface area contributed by atoms with E-state index in [1.807, 2.05) is 24.3 Å². The van der Waals surface area contributed by atoms with Crippen molar-refractivity contribution in [1.82, 2.24) is 10.2 Å². The van der Waals surface area contributed by atoms with Gasteiger partial charge in [0.15, 0.2) is 0 Å². The van der Waals surface area contributed by atoms with Crippen LogP contribution in [-0.2, 0) is 10.2 Å². The Kier molecular flexibility index (Phi) is 6.02. The molecule has 1 heterocycles. The van der Waals surface area contributed by atoms with Crippen LogP contribution in [0.5, 0.6) is 0 Å². The molecular weight excluding hydrogens is 396 g/mol. The number of amides is 1. The van der Waals surface area contributed by atoms with Gasteiger partial charge >= 0.3 is 0 Å². The van der Waals surface area contributed by atoms with Gasteiger partial charge in [-0.2, -0.15) is 0 Å². The molecule has 3 rings (SSSR count).